The van der Waals surface area contributed by atoms with Crippen LogP contribution in [0.4, 0.5) is 0 Å². The van der Waals surface area contributed by atoms with Gasteiger partial charge in [0, 0.05) is 13.0 Å². The van der Waals surface area contributed by atoms with E-state index < -0.39 is 32.2 Å². The summed E-state index contributed by atoms with van der Waals surface area (Å²) in [5, 5.41) is 9.40. The number of nitrogens with zero attached hydrogens (tertiary/aromatic N) is 1. The number of carboxylic acids is 1. The quantitative estimate of drug-likeness (QED) is 0.689. The summed E-state index contributed by atoms with van der Waals surface area (Å²) in [4.78, 5) is 26.3. The van der Waals surface area contributed by atoms with Crippen molar-refractivity contribution in [2.45, 2.75) is 96.1 Å². The second-order valence-electron chi connectivity index (χ2n) is 9.58. The molecule has 7 nitrogen and oxygen atoms in total. The highest BCUT2D eigenvalue weighted by atomic mass is 28.4. The number of carbonyl (C=O) groups excluding carboxylic acids is 1. The summed E-state index contributed by atoms with van der Waals surface area (Å²) in [6.07, 6.45) is 0.602. The molecule has 0 saturated carbocycles. The third-order valence-corrected chi connectivity index (χ3v) is 10.4. The Balaban J connectivity index is 2.21. The molecule has 2 aliphatic rings. The van der Waals surface area contributed by atoms with Crippen molar-refractivity contribution in [3.05, 3.63) is 0 Å². The van der Waals surface area contributed by atoms with Gasteiger partial charge in [-0.05, 0) is 44.8 Å². The summed E-state index contributed by atoms with van der Waals surface area (Å²) in [6.45, 7) is 15.1. The van der Waals surface area contributed by atoms with E-state index in [2.05, 4.69) is 33.9 Å². The molecule has 2 saturated heterocycles. The largest absolute Gasteiger partial charge is 0.480 e. The summed E-state index contributed by atoms with van der Waals surface area (Å²) >= 11 is 0. The molecule has 0 aromatic rings. The molecule has 0 radical (unpaired) electrons. The highest BCUT2D eigenvalue weighted by Gasteiger charge is 2.45. The van der Waals surface area contributed by atoms with Crippen molar-refractivity contribution in [3.8, 4) is 0 Å². The Kier molecular flexibility index (Phi) is 6.46. The highest BCUT2D eigenvalue weighted by molar-refractivity contribution is 6.74. The number of aliphatic carboxylic acids is 1. The molecule has 0 bridgehead atoms. The zero-order valence-electron chi connectivity index (χ0n) is 17.7. The fourth-order valence-electron chi connectivity index (χ4n) is 3.32. The van der Waals surface area contributed by atoms with E-state index >= 15 is 0 Å². The number of carboxylic acid groups (broad SMARTS) is 1. The maximum absolute atomic E-state index is 13.3. The van der Waals surface area contributed by atoms with Gasteiger partial charge in [-0.2, -0.15) is 0 Å². The highest BCUT2D eigenvalue weighted by Crippen LogP contribution is 2.39. The molecular formula is C19H35NO6Si. The molecule has 2 heterocycles. The number of hydrogen-bond donors (Lipinski definition) is 1. The Labute approximate surface area is 163 Å². The minimum atomic E-state index is -2.23. The molecule has 2 rings (SSSR count). The molecule has 27 heavy (non-hydrogen) atoms. The summed E-state index contributed by atoms with van der Waals surface area (Å²) in [5.41, 5.74) is 0. The predicted octanol–water partition coefficient (Wildman–Crippen LogP) is 2.99. The first-order chi connectivity index (χ1) is 12.2. The van der Waals surface area contributed by atoms with Crippen molar-refractivity contribution < 1.29 is 28.6 Å². The summed E-state index contributed by atoms with van der Waals surface area (Å²) in [6, 6.07) is -0.764. The Morgan fingerprint density at radius 1 is 1.33 bits per heavy atom. The normalized spacial score (nSPS) is 27.0. The van der Waals surface area contributed by atoms with Crippen LogP contribution in [0.1, 0.15) is 53.9 Å². The van der Waals surface area contributed by atoms with E-state index in [1.165, 1.54) is 4.90 Å². The first-order valence-corrected chi connectivity index (χ1v) is 12.7. The number of ether oxygens (including phenoxy) is 2. The van der Waals surface area contributed by atoms with Gasteiger partial charge in [-0.1, -0.05) is 20.8 Å². The van der Waals surface area contributed by atoms with Gasteiger partial charge < -0.3 is 23.9 Å². The Bertz CT molecular complexity index is 571. The van der Waals surface area contributed by atoms with Crippen molar-refractivity contribution in [1.82, 2.24) is 4.90 Å². The molecule has 1 N–H and O–H groups in total. The lowest BCUT2D eigenvalue weighted by Crippen LogP contribution is -2.52. The SMILES string of the molecule is CC1(C)OC[C@@H](C[C@@H](O[Si](C)(C)C(C)(C)C)C(=O)N2CCC[C@H]2C(=O)O)O1. The average molecular weight is 402 g/mol. The summed E-state index contributed by atoms with van der Waals surface area (Å²) in [7, 11) is -2.23. The molecule has 2 fully saturated rings. The minimum Gasteiger partial charge on any atom is -0.480 e. The molecule has 0 aromatic carbocycles. The first kappa shape index (κ1) is 22.3. The van der Waals surface area contributed by atoms with Gasteiger partial charge in [0.1, 0.15) is 12.1 Å². The topological polar surface area (TPSA) is 85.3 Å². The van der Waals surface area contributed by atoms with Crippen molar-refractivity contribution in [1.29, 1.82) is 0 Å². The number of carbonyl (C=O) groups is 2. The van der Waals surface area contributed by atoms with Crippen molar-refractivity contribution in [2.24, 2.45) is 0 Å². The summed E-state index contributed by atoms with van der Waals surface area (Å²) < 4.78 is 18.0. The lowest BCUT2D eigenvalue weighted by molar-refractivity contribution is -0.155. The van der Waals surface area contributed by atoms with E-state index in [-0.39, 0.29) is 17.0 Å². The van der Waals surface area contributed by atoms with Crippen molar-refractivity contribution >= 4 is 20.2 Å². The second kappa shape index (κ2) is 7.81. The summed E-state index contributed by atoms with van der Waals surface area (Å²) in [5.74, 6) is -1.86. The van der Waals surface area contributed by atoms with E-state index in [4.69, 9.17) is 13.9 Å². The third kappa shape index (κ3) is 5.31. The van der Waals surface area contributed by atoms with Gasteiger partial charge in [0.2, 0.25) is 0 Å². The van der Waals surface area contributed by atoms with E-state index in [0.717, 1.165) is 0 Å². The molecule has 2 aliphatic heterocycles. The van der Waals surface area contributed by atoms with E-state index in [9.17, 15) is 14.7 Å². The number of rotatable bonds is 6. The van der Waals surface area contributed by atoms with Crippen LogP contribution in [0.5, 0.6) is 0 Å². The van der Waals surface area contributed by atoms with Crippen LogP contribution in [0.2, 0.25) is 18.1 Å². The van der Waals surface area contributed by atoms with Gasteiger partial charge in [0.25, 0.3) is 5.91 Å². The van der Waals surface area contributed by atoms with Gasteiger partial charge in [-0.15, -0.1) is 0 Å². The van der Waals surface area contributed by atoms with E-state index in [1.807, 2.05) is 13.8 Å². The van der Waals surface area contributed by atoms with Gasteiger partial charge in [-0.3, -0.25) is 4.79 Å². The standard InChI is InChI=1S/C19H35NO6Si/c1-18(2,3)27(6,7)26-15(11-13-12-24-19(4,5)25-13)16(21)20-10-8-9-14(20)17(22)23/h13-15H,8-12H2,1-7H3,(H,22,23)/t13-,14+,15-/m1/s1. The smallest absolute Gasteiger partial charge is 0.326 e. The Morgan fingerprint density at radius 2 is 1.96 bits per heavy atom. The van der Waals surface area contributed by atoms with Crippen LogP contribution >= 0.6 is 0 Å². The average Bonchev–Trinajstić information content (AvgIpc) is 3.11. The van der Waals surface area contributed by atoms with Gasteiger partial charge in [0.15, 0.2) is 14.1 Å². The van der Waals surface area contributed by atoms with Crippen LogP contribution < -0.4 is 0 Å². The zero-order valence-corrected chi connectivity index (χ0v) is 18.7. The minimum absolute atomic E-state index is 0.0605. The van der Waals surface area contributed by atoms with Crippen LogP contribution in [0.3, 0.4) is 0 Å². The lowest BCUT2D eigenvalue weighted by Gasteiger charge is -2.40. The molecule has 3 atom stereocenters. The van der Waals surface area contributed by atoms with Gasteiger partial charge >= 0.3 is 5.97 Å². The maximum Gasteiger partial charge on any atom is 0.326 e. The Morgan fingerprint density at radius 3 is 2.44 bits per heavy atom. The molecule has 0 unspecified atom stereocenters. The van der Waals surface area contributed by atoms with Crippen LogP contribution in [0.15, 0.2) is 0 Å². The molecule has 0 aliphatic carbocycles. The Hall–Kier alpha value is -0.963. The van der Waals surface area contributed by atoms with Crippen LogP contribution in [-0.4, -0.2) is 67.4 Å². The van der Waals surface area contributed by atoms with Crippen LogP contribution in [0.25, 0.3) is 0 Å². The van der Waals surface area contributed by atoms with Crippen LogP contribution in [0, 0.1) is 0 Å². The lowest BCUT2D eigenvalue weighted by atomic mass is 10.1. The zero-order chi connectivity index (χ0) is 20.6. The molecule has 0 aromatic heterocycles. The fourth-order valence-corrected chi connectivity index (χ4v) is 4.58. The van der Waals surface area contributed by atoms with Gasteiger partial charge in [-0.25, -0.2) is 4.79 Å². The van der Waals surface area contributed by atoms with Crippen LogP contribution in [-0.2, 0) is 23.5 Å². The van der Waals surface area contributed by atoms with E-state index in [1.54, 1.807) is 0 Å². The van der Waals surface area contributed by atoms with Gasteiger partial charge in [0.05, 0.1) is 12.7 Å². The molecular weight excluding hydrogens is 366 g/mol. The second-order valence-corrected chi connectivity index (χ2v) is 14.3. The number of hydrogen-bond acceptors (Lipinski definition) is 5. The monoisotopic (exact) mass is 401 g/mol. The maximum atomic E-state index is 13.3. The molecule has 156 valence electrons. The fraction of sp³-hybridized carbons (Fsp3) is 0.895. The van der Waals surface area contributed by atoms with E-state index in [0.29, 0.717) is 32.4 Å². The van der Waals surface area contributed by atoms with Crippen molar-refractivity contribution in [3.63, 3.8) is 0 Å². The number of amides is 1. The third-order valence-electron chi connectivity index (χ3n) is 5.88. The molecule has 8 heteroatoms. The van der Waals surface area contributed by atoms with Crippen molar-refractivity contribution in [2.75, 3.05) is 13.2 Å². The molecule has 0 spiro atoms. The predicted molar refractivity (Wildman–Crippen MR) is 104 cm³/mol. The number of likely N-dealkylation sites (tertiary alicyclic amines) is 1. The molecule has 1 amide bonds. The first-order valence-electron chi connectivity index (χ1n) is 9.76.